The molecule has 322 valence electrons. The highest BCUT2D eigenvalue weighted by atomic mass is 16.7. The Kier molecular flexibility index (Phi) is 14.8. The molecule has 2 aromatic rings. The highest BCUT2D eigenvalue weighted by Crippen LogP contribution is 2.42. The first kappa shape index (κ1) is 45.6. The van der Waals surface area contributed by atoms with Crippen molar-refractivity contribution < 1.29 is 48.0 Å². The number of pyridine rings is 1. The molecule has 3 aliphatic heterocycles. The van der Waals surface area contributed by atoms with E-state index in [0.29, 0.717) is 19.4 Å². The fourth-order valence-electron chi connectivity index (χ4n) is 9.55. The number of aryl methyl sites for hydroxylation is 1. The molecule has 2 N–H and O–H groups in total. The normalized spacial score (nSPS) is 36.8. The van der Waals surface area contributed by atoms with Gasteiger partial charge in [0.15, 0.2) is 17.7 Å². The first-order valence-corrected chi connectivity index (χ1v) is 20.9. The number of cyclic esters (lactones) is 1. The third kappa shape index (κ3) is 9.27. The van der Waals surface area contributed by atoms with E-state index >= 15 is 0 Å². The summed E-state index contributed by atoms with van der Waals surface area (Å²) in [5.74, 6) is -5.05. The van der Waals surface area contributed by atoms with Gasteiger partial charge in [-0.2, -0.15) is 0 Å². The molecule has 1 amide bonds. The van der Waals surface area contributed by atoms with Crippen LogP contribution in [0.25, 0.3) is 10.9 Å². The second-order valence-electron chi connectivity index (χ2n) is 17.4. The van der Waals surface area contributed by atoms with Gasteiger partial charge in [0.1, 0.15) is 30.0 Å². The Labute approximate surface area is 343 Å². The number of benzene rings is 1. The number of nitrogens with one attached hydrogen (secondary N) is 1. The van der Waals surface area contributed by atoms with Gasteiger partial charge < -0.3 is 33.7 Å². The van der Waals surface area contributed by atoms with Gasteiger partial charge >= 0.3 is 12.1 Å². The predicted molar refractivity (Wildman–Crippen MR) is 217 cm³/mol. The molecule has 5 rings (SSSR count). The summed E-state index contributed by atoms with van der Waals surface area (Å²) in [4.78, 5) is 63.1. The summed E-state index contributed by atoms with van der Waals surface area (Å²) in [7, 11) is 5.24. The Hall–Kier alpha value is -3.53. The van der Waals surface area contributed by atoms with E-state index in [9.17, 15) is 24.3 Å². The number of aliphatic hydroxyl groups is 1. The molecule has 3 fully saturated rings. The number of ketones is 2. The van der Waals surface area contributed by atoms with Crippen molar-refractivity contribution in [2.24, 2.45) is 23.7 Å². The van der Waals surface area contributed by atoms with Crippen LogP contribution in [-0.2, 0) is 44.5 Å². The molecule has 13 atom stereocenters. The van der Waals surface area contributed by atoms with Crippen LogP contribution < -0.4 is 5.43 Å². The van der Waals surface area contributed by atoms with Gasteiger partial charge in [-0.25, -0.2) is 15.2 Å². The number of rotatable bonds is 11. The number of hydrogen-bond donors (Lipinski definition) is 2. The number of hydrogen-bond acceptors (Lipinski definition) is 13. The van der Waals surface area contributed by atoms with Crippen LogP contribution in [0.4, 0.5) is 4.79 Å². The number of carbonyl (C=O) groups excluding carboxylic acids is 4. The van der Waals surface area contributed by atoms with E-state index in [2.05, 4.69) is 16.5 Å². The average molecular weight is 811 g/mol. The Morgan fingerprint density at radius 2 is 1.71 bits per heavy atom. The molecule has 0 bridgehead atoms. The van der Waals surface area contributed by atoms with Crippen LogP contribution in [0.15, 0.2) is 36.5 Å². The number of nitrogens with zero attached hydrogens (tertiary/aromatic N) is 3. The summed E-state index contributed by atoms with van der Waals surface area (Å²) in [6, 6.07) is 8.90. The van der Waals surface area contributed by atoms with Crippen molar-refractivity contribution in [3.05, 3.63) is 42.1 Å². The van der Waals surface area contributed by atoms with Crippen molar-refractivity contribution in [2.45, 2.75) is 148 Å². The molecule has 0 radical (unpaired) electrons. The summed E-state index contributed by atoms with van der Waals surface area (Å²) in [5, 5.41) is 13.9. The number of para-hydroxylation sites is 1. The smallest absolute Gasteiger partial charge is 0.425 e. The van der Waals surface area contributed by atoms with E-state index in [-0.39, 0.29) is 30.8 Å². The van der Waals surface area contributed by atoms with Crippen LogP contribution in [0.1, 0.15) is 93.1 Å². The summed E-state index contributed by atoms with van der Waals surface area (Å²) in [6.07, 6.45) is -0.0205. The quantitative estimate of drug-likeness (QED) is 0.172. The van der Waals surface area contributed by atoms with E-state index in [4.69, 9.17) is 23.7 Å². The number of aliphatic hydroxyl groups excluding tert-OH is 1. The number of fused-ring (bicyclic) bond motifs is 2. The predicted octanol–water partition coefficient (Wildman–Crippen LogP) is 5.27. The fraction of sp³-hybridized carbons (Fsp3) is 0.705. The van der Waals surface area contributed by atoms with Crippen molar-refractivity contribution in [3.8, 4) is 0 Å². The molecule has 0 saturated carbocycles. The Morgan fingerprint density at radius 1 is 1.00 bits per heavy atom. The topological polar surface area (TPSA) is 166 Å². The van der Waals surface area contributed by atoms with Gasteiger partial charge in [0.2, 0.25) is 0 Å². The molecule has 0 aliphatic carbocycles. The SMILES string of the molecule is CC[C@H]1OC(=O)[C@H](C)C(=O)[C@H](C)[C@@H](O[C@@H]2O[C@H](C)C[C@H](N(C)C)[C@H]2O)[C@](C)(OC)C[C@@H](C)C(=O)[C@H](C)[C@H]2N(NCCCCc3ccnc4ccccc34)C(=O)O[C@]12C. The number of methoxy groups -OCH3 is 1. The van der Waals surface area contributed by atoms with Crippen LogP contribution in [0.3, 0.4) is 0 Å². The second-order valence-corrected chi connectivity index (χ2v) is 17.4. The number of Topliss-reactive ketones (excluding diaryl/α,β-unsaturated/α-hetero) is 2. The molecular weight excluding hydrogens is 745 g/mol. The third-order valence-corrected chi connectivity index (χ3v) is 13.0. The van der Waals surface area contributed by atoms with Gasteiger partial charge in [-0.05, 0) is 98.0 Å². The molecule has 14 nitrogen and oxygen atoms in total. The molecule has 0 unspecified atom stereocenters. The lowest BCUT2D eigenvalue weighted by atomic mass is 9.73. The Balaban J connectivity index is 1.43. The third-order valence-electron chi connectivity index (χ3n) is 13.0. The van der Waals surface area contributed by atoms with Crippen LogP contribution in [0.5, 0.6) is 0 Å². The minimum absolute atomic E-state index is 0.121. The number of hydrazine groups is 1. The van der Waals surface area contributed by atoms with Gasteiger partial charge in [0.25, 0.3) is 0 Å². The Bertz CT molecular complexity index is 1770. The lowest BCUT2D eigenvalue weighted by Crippen LogP contribution is -2.61. The van der Waals surface area contributed by atoms with Gasteiger partial charge in [-0.1, -0.05) is 45.9 Å². The van der Waals surface area contributed by atoms with Gasteiger partial charge in [-0.3, -0.25) is 19.4 Å². The molecular formula is C44H66N4O10. The fourth-order valence-corrected chi connectivity index (χ4v) is 9.55. The number of unbranched alkanes of at least 4 members (excludes halogenated alkanes) is 1. The van der Waals surface area contributed by atoms with E-state index in [1.807, 2.05) is 63.3 Å². The number of ether oxygens (including phenoxy) is 5. The minimum Gasteiger partial charge on any atom is -0.458 e. The molecule has 1 aromatic heterocycles. The van der Waals surface area contributed by atoms with Crippen LogP contribution in [0, 0.1) is 23.7 Å². The first-order valence-electron chi connectivity index (χ1n) is 20.9. The summed E-state index contributed by atoms with van der Waals surface area (Å²) in [6.45, 7) is 14.3. The Morgan fingerprint density at radius 3 is 2.38 bits per heavy atom. The number of esters is 1. The van der Waals surface area contributed by atoms with E-state index in [1.165, 1.54) is 24.6 Å². The monoisotopic (exact) mass is 810 g/mol. The summed E-state index contributed by atoms with van der Waals surface area (Å²) < 4.78 is 31.2. The molecule has 58 heavy (non-hydrogen) atoms. The molecule has 14 heteroatoms. The van der Waals surface area contributed by atoms with Gasteiger partial charge in [0.05, 0.1) is 23.3 Å². The van der Waals surface area contributed by atoms with Crippen LogP contribution in [-0.4, -0.2) is 125 Å². The zero-order chi connectivity index (χ0) is 42.7. The lowest BCUT2D eigenvalue weighted by molar-refractivity contribution is -0.295. The van der Waals surface area contributed by atoms with E-state index in [1.54, 1.807) is 34.6 Å². The van der Waals surface area contributed by atoms with Crippen molar-refractivity contribution in [2.75, 3.05) is 27.7 Å². The van der Waals surface area contributed by atoms with Crippen LogP contribution >= 0.6 is 0 Å². The maximum atomic E-state index is 14.7. The maximum absolute atomic E-state index is 14.7. The highest BCUT2D eigenvalue weighted by Gasteiger charge is 2.61. The van der Waals surface area contributed by atoms with E-state index < -0.39 is 83.4 Å². The molecule has 3 aliphatic rings. The lowest BCUT2D eigenvalue weighted by Gasteiger charge is -2.47. The number of carbonyl (C=O) groups is 4. The van der Waals surface area contributed by atoms with Gasteiger partial charge in [0, 0.05) is 49.0 Å². The largest absolute Gasteiger partial charge is 0.458 e. The highest BCUT2D eigenvalue weighted by molar-refractivity contribution is 6.00. The molecule has 1 aromatic carbocycles. The summed E-state index contributed by atoms with van der Waals surface area (Å²) in [5.41, 5.74) is 2.69. The molecule has 3 saturated heterocycles. The van der Waals surface area contributed by atoms with Crippen LogP contribution in [0.2, 0.25) is 0 Å². The first-order chi connectivity index (χ1) is 27.4. The number of likely N-dealkylation sites (N-methyl/N-ethyl adjacent to an activating group) is 1. The van der Waals surface area contributed by atoms with E-state index in [0.717, 1.165) is 23.7 Å². The standard InChI is InChI=1S/C44H66N4O10/c1-12-34-44(8)38(48(42(53)58-44)46-21-16-15-17-30-20-22-45-32-19-14-13-18-31(30)32)27(4)35(49)25(2)24-43(7,54-11)39(28(5)36(50)29(6)40(52)56-34)57-41-37(51)33(47(9)10)23-26(3)55-41/h13-14,18-20,22,25-29,33-34,37-39,41,46,51H,12,15-17,21,23-24H2,1-11H3/t25-,26-,27+,28+,29-,33+,34-,37-,38-,39-,41+,43-,44-/m1/s1. The molecule has 4 heterocycles. The maximum Gasteiger partial charge on any atom is 0.425 e. The second kappa shape index (κ2) is 18.8. The zero-order valence-corrected chi connectivity index (χ0v) is 36.2. The van der Waals surface area contributed by atoms with Crippen molar-refractivity contribution in [3.63, 3.8) is 0 Å². The average Bonchev–Trinajstić information content (AvgIpc) is 3.46. The molecule has 0 spiro atoms. The summed E-state index contributed by atoms with van der Waals surface area (Å²) >= 11 is 0. The van der Waals surface area contributed by atoms with Crippen molar-refractivity contribution >= 4 is 34.5 Å². The van der Waals surface area contributed by atoms with Crippen molar-refractivity contribution in [1.82, 2.24) is 20.3 Å². The number of aromatic nitrogens is 1. The zero-order valence-electron chi connectivity index (χ0n) is 36.2. The minimum atomic E-state index is -1.44. The number of amides is 1. The van der Waals surface area contributed by atoms with Gasteiger partial charge in [-0.15, -0.1) is 0 Å². The van der Waals surface area contributed by atoms with Crippen molar-refractivity contribution in [1.29, 1.82) is 0 Å².